The minimum atomic E-state index is 1.10. The Labute approximate surface area is 76.8 Å². The molecule has 0 saturated carbocycles. The lowest BCUT2D eigenvalue weighted by Crippen LogP contribution is -1.81. The molecule has 0 radical (unpaired) electrons. The first kappa shape index (κ1) is 10.1. The van der Waals surface area contributed by atoms with Gasteiger partial charge in [-0.2, -0.15) is 0 Å². The molecule has 58 valence electrons. The van der Waals surface area contributed by atoms with Gasteiger partial charge in [-0.15, -0.1) is 0 Å². The maximum absolute atomic E-state index is 4.33. The van der Waals surface area contributed by atoms with Crippen LogP contribution in [-0.4, -0.2) is 3.72 Å². The molecule has 0 atom stereocenters. The van der Waals surface area contributed by atoms with Crippen molar-refractivity contribution in [1.82, 2.24) is 0 Å². The van der Waals surface area contributed by atoms with Crippen LogP contribution in [0.5, 0.6) is 0 Å². The van der Waals surface area contributed by atoms with Gasteiger partial charge in [-0.25, -0.2) is 0 Å². The average molecular weight is 251 g/mol. The summed E-state index contributed by atoms with van der Waals surface area (Å²) in [6.45, 7) is 8.34. The van der Waals surface area contributed by atoms with E-state index in [9.17, 15) is 0 Å². The lowest BCUT2D eigenvalue weighted by atomic mass is 10.2. The first-order valence-electron chi connectivity index (χ1n) is 3.45. The normalized spacial score (nSPS) is 15.1. The van der Waals surface area contributed by atoms with E-state index in [0.717, 1.165) is 15.8 Å². The third-order valence-corrected chi connectivity index (χ3v) is 1.71. The van der Waals surface area contributed by atoms with Gasteiger partial charge in [0, 0.05) is 5.70 Å². The quantitative estimate of drug-likeness (QED) is 0.525. The molecule has 10 heavy (non-hydrogen) atoms. The monoisotopic (exact) mass is 251 g/mol. The molecule has 0 aromatic rings. The molecule has 0 aliphatic carbocycles. The van der Waals surface area contributed by atoms with E-state index in [1.165, 1.54) is 5.57 Å². The topological polar surface area (TPSA) is 12.4 Å². The number of allylic oxidation sites excluding steroid dienone is 2. The number of halogens is 1. The summed E-state index contributed by atoms with van der Waals surface area (Å²) in [5.74, 6) is 0. The van der Waals surface area contributed by atoms with Gasteiger partial charge < -0.3 is 0 Å². The molecule has 0 N–H and O–H groups in total. The van der Waals surface area contributed by atoms with E-state index < -0.39 is 0 Å². The molecular formula is C8H14IN. The summed E-state index contributed by atoms with van der Waals surface area (Å²) in [6.07, 6.45) is 1.10. The Bertz CT molecular complexity index is 164. The number of hydrogen-bond donors (Lipinski definition) is 0. The SMILES string of the molecule is CC/C(C)=C(/C)N=C(C)I. The molecule has 0 aromatic heterocycles. The van der Waals surface area contributed by atoms with Crippen molar-refractivity contribution in [2.45, 2.75) is 34.1 Å². The lowest BCUT2D eigenvalue weighted by molar-refractivity contribution is 1.04. The molecule has 0 aliphatic heterocycles. The van der Waals surface area contributed by atoms with E-state index in [1.54, 1.807) is 0 Å². The van der Waals surface area contributed by atoms with Crippen LogP contribution in [0.4, 0.5) is 0 Å². The molecular weight excluding hydrogens is 237 g/mol. The predicted molar refractivity (Wildman–Crippen MR) is 55.8 cm³/mol. The minimum absolute atomic E-state index is 1.10. The Balaban J connectivity index is 4.33. The average Bonchev–Trinajstić information content (AvgIpc) is 1.85. The zero-order valence-electron chi connectivity index (χ0n) is 7.03. The van der Waals surface area contributed by atoms with Gasteiger partial charge in [-0.1, -0.05) is 12.5 Å². The fraction of sp³-hybridized carbons (Fsp3) is 0.625. The highest BCUT2D eigenvalue weighted by atomic mass is 127. The van der Waals surface area contributed by atoms with Gasteiger partial charge in [0.2, 0.25) is 0 Å². The smallest absolute Gasteiger partial charge is 0.0756 e. The van der Waals surface area contributed by atoms with Crippen LogP contribution >= 0.6 is 22.6 Å². The van der Waals surface area contributed by atoms with Crippen LogP contribution in [0.15, 0.2) is 16.3 Å². The van der Waals surface area contributed by atoms with Crippen molar-refractivity contribution >= 4 is 26.3 Å². The molecule has 0 aromatic carbocycles. The van der Waals surface area contributed by atoms with Crippen LogP contribution in [-0.2, 0) is 0 Å². The fourth-order valence-electron chi connectivity index (χ4n) is 0.582. The summed E-state index contributed by atoms with van der Waals surface area (Å²) in [5.41, 5.74) is 2.53. The molecule has 0 amide bonds. The second-order valence-corrected chi connectivity index (χ2v) is 3.89. The minimum Gasteiger partial charge on any atom is -0.252 e. The number of aliphatic imine (C=N–C) groups is 1. The van der Waals surface area contributed by atoms with Crippen LogP contribution in [0.1, 0.15) is 34.1 Å². The van der Waals surface area contributed by atoms with Crippen LogP contribution in [0.3, 0.4) is 0 Å². The van der Waals surface area contributed by atoms with Crippen molar-refractivity contribution in [3.05, 3.63) is 11.3 Å². The van der Waals surface area contributed by atoms with Crippen molar-refractivity contribution < 1.29 is 0 Å². The molecule has 0 bridgehead atoms. The highest BCUT2D eigenvalue weighted by Gasteiger charge is 1.91. The molecule has 0 heterocycles. The van der Waals surface area contributed by atoms with E-state index in [2.05, 4.69) is 48.4 Å². The molecule has 1 nitrogen and oxygen atoms in total. The zero-order chi connectivity index (χ0) is 8.15. The first-order chi connectivity index (χ1) is 4.57. The largest absolute Gasteiger partial charge is 0.252 e. The van der Waals surface area contributed by atoms with Gasteiger partial charge in [-0.05, 0) is 49.8 Å². The third-order valence-electron chi connectivity index (χ3n) is 1.47. The van der Waals surface area contributed by atoms with Crippen molar-refractivity contribution in [3.8, 4) is 0 Å². The van der Waals surface area contributed by atoms with Gasteiger partial charge in [0.05, 0.1) is 3.72 Å². The maximum Gasteiger partial charge on any atom is 0.0756 e. The molecule has 0 aliphatic rings. The number of rotatable bonds is 2. The van der Waals surface area contributed by atoms with Crippen molar-refractivity contribution in [1.29, 1.82) is 0 Å². The number of hydrogen-bond acceptors (Lipinski definition) is 1. The zero-order valence-corrected chi connectivity index (χ0v) is 9.19. The molecule has 0 rings (SSSR count). The van der Waals surface area contributed by atoms with Crippen LogP contribution in [0.25, 0.3) is 0 Å². The van der Waals surface area contributed by atoms with Gasteiger partial charge in [0.15, 0.2) is 0 Å². The van der Waals surface area contributed by atoms with E-state index >= 15 is 0 Å². The lowest BCUT2D eigenvalue weighted by Gasteiger charge is -1.98. The first-order valence-corrected chi connectivity index (χ1v) is 4.53. The molecule has 0 spiro atoms. The van der Waals surface area contributed by atoms with Crippen LogP contribution < -0.4 is 0 Å². The molecule has 0 fully saturated rings. The van der Waals surface area contributed by atoms with E-state index in [0.29, 0.717) is 0 Å². The Hall–Kier alpha value is 0.140. The van der Waals surface area contributed by atoms with Gasteiger partial charge in [0.25, 0.3) is 0 Å². The third kappa shape index (κ3) is 4.04. The van der Waals surface area contributed by atoms with Crippen molar-refractivity contribution in [2.24, 2.45) is 4.99 Å². The van der Waals surface area contributed by atoms with Crippen LogP contribution in [0, 0.1) is 0 Å². The Morgan fingerprint density at radius 1 is 1.30 bits per heavy atom. The summed E-state index contributed by atoms with van der Waals surface area (Å²) >= 11 is 2.22. The van der Waals surface area contributed by atoms with E-state index in [1.807, 2.05) is 6.92 Å². The van der Waals surface area contributed by atoms with E-state index in [-0.39, 0.29) is 0 Å². The van der Waals surface area contributed by atoms with E-state index in [4.69, 9.17) is 0 Å². The van der Waals surface area contributed by atoms with Crippen LogP contribution in [0.2, 0.25) is 0 Å². The standard InChI is InChI=1S/C8H14IN/c1-5-6(2)7(3)10-8(4)9/h5H2,1-4H3/b7-6-,10-8?. The summed E-state index contributed by atoms with van der Waals surface area (Å²) in [5, 5.41) is 0. The van der Waals surface area contributed by atoms with Gasteiger partial charge in [0.1, 0.15) is 0 Å². The summed E-state index contributed by atoms with van der Waals surface area (Å²) in [7, 11) is 0. The molecule has 0 saturated heterocycles. The summed E-state index contributed by atoms with van der Waals surface area (Å²) < 4.78 is 1.10. The highest BCUT2D eigenvalue weighted by molar-refractivity contribution is 14.1. The maximum atomic E-state index is 4.33. The fourth-order valence-corrected chi connectivity index (χ4v) is 0.944. The number of nitrogens with zero attached hydrogens (tertiary/aromatic N) is 1. The Morgan fingerprint density at radius 3 is 2.10 bits per heavy atom. The summed E-state index contributed by atoms with van der Waals surface area (Å²) in [6, 6.07) is 0. The highest BCUT2D eigenvalue weighted by Crippen LogP contribution is 2.09. The second-order valence-electron chi connectivity index (χ2n) is 2.33. The predicted octanol–water partition coefficient (Wildman–Crippen LogP) is 3.54. The summed E-state index contributed by atoms with van der Waals surface area (Å²) in [4.78, 5) is 4.33. The van der Waals surface area contributed by atoms with Gasteiger partial charge >= 0.3 is 0 Å². The van der Waals surface area contributed by atoms with Crippen molar-refractivity contribution in [2.75, 3.05) is 0 Å². The molecule has 2 heteroatoms. The Kier molecular flexibility index (Phi) is 4.95. The second kappa shape index (κ2) is 4.88. The molecule has 0 unspecified atom stereocenters. The van der Waals surface area contributed by atoms with Gasteiger partial charge in [-0.3, -0.25) is 4.99 Å². The van der Waals surface area contributed by atoms with Crippen molar-refractivity contribution in [3.63, 3.8) is 0 Å². The Morgan fingerprint density at radius 2 is 1.80 bits per heavy atom.